The molecule has 0 bridgehead atoms. The lowest BCUT2D eigenvalue weighted by Crippen LogP contribution is -2.31. The number of hydrogen-bond donors (Lipinski definition) is 0. The van der Waals surface area contributed by atoms with Gasteiger partial charge in [0.1, 0.15) is 16.8 Å². The molecule has 1 aromatic rings. The highest BCUT2D eigenvalue weighted by atomic mass is 35.5. The van der Waals surface area contributed by atoms with Crippen LogP contribution in [-0.2, 0) is 0 Å². The van der Waals surface area contributed by atoms with Gasteiger partial charge in [0.15, 0.2) is 0 Å². The third-order valence-corrected chi connectivity index (χ3v) is 3.99. The highest BCUT2D eigenvalue weighted by molar-refractivity contribution is 6.29. The lowest BCUT2D eigenvalue weighted by Gasteiger charge is -2.30. The van der Waals surface area contributed by atoms with E-state index >= 15 is 0 Å². The van der Waals surface area contributed by atoms with Gasteiger partial charge < -0.3 is 9.80 Å². The number of hydrogen-bond acceptors (Lipinski definition) is 4. The second kappa shape index (κ2) is 6.86. The molecule has 122 valence electrons. The van der Waals surface area contributed by atoms with Crippen LogP contribution in [0.1, 0.15) is 39.4 Å². The molecule has 0 radical (unpaired) electrons. The molecule has 0 atom stereocenters. The van der Waals surface area contributed by atoms with Crippen LogP contribution in [0.5, 0.6) is 0 Å². The van der Waals surface area contributed by atoms with Crippen molar-refractivity contribution < 1.29 is 0 Å². The van der Waals surface area contributed by atoms with Gasteiger partial charge in [0.2, 0.25) is 0 Å². The van der Waals surface area contributed by atoms with E-state index < -0.39 is 0 Å². The number of rotatable bonds is 3. The summed E-state index contributed by atoms with van der Waals surface area (Å²) >= 11 is 6.06. The van der Waals surface area contributed by atoms with Crippen molar-refractivity contribution in [3.63, 3.8) is 0 Å². The molecule has 5 heteroatoms. The Morgan fingerprint density at radius 3 is 2.59 bits per heavy atom. The highest BCUT2D eigenvalue weighted by Gasteiger charge is 2.20. The second-order valence-electron chi connectivity index (χ2n) is 7.23. The fraction of sp³-hybridized carbons (Fsp3) is 0.647. The summed E-state index contributed by atoms with van der Waals surface area (Å²) in [5, 5.41) is 0.515. The molecule has 0 unspecified atom stereocenters. The summed E-state index contributed by atoms with van der Waals surface area (Å²) in [5.74, 6) is 1.65. The predicted octanol–water partition coefficient (Wildman–Crippen LogP) is 3.90. The molecule has 1 saturated heterocycles. The minimum Gasteiger partial charge on any atom is -0.373 e. The largest absolute Gasteiger partial charge is 0.373 e. The number of aromatic nitrogens is 2. The lowest BCUT2D eigenvalue weighted by molar-refractivity contribution is 0.303. The Labute approximate surface area is 139 Å². The second-order valence-corrected chi connectivity index (χ2v) is 7.61. The van der Waals surface area contributed by atoms with E-state index in [-0.39, 0.29) is 5.41 Å². The summed E-state index contributed by atoms with van der Waals surface area (Å²) in [5.41, 5.74) is 1.52. The van der Waals surface area contributed by atoms with Gasteiger partial charge in [0.05, 0.1) is 0 Å². The van der Waals surface area contributed by atoms with Gasteiger partial charge >= 0.3 is 0 Å². The van der Waals surface area contributed by atoms with E-state index in [1.54, 1.807) is 0 Å². The van der Waals surface area contributed by atoms with Crippen LogP contribution in [0.2, 0.25) is 5.15 Å². The van der Waals surface area contributed by atoms with Crippen molar-refractivity contribution in [2.24, 2.45) is 5.41 Å². The van der Waals surface area contributed by atoms with E-state index in [4.69, 9.17) is 11.6 Å². The highest BCUT2D eigenvalue weighted by Crippen LogP contribution is 2.26. The number of halogens is 1. The molecular weight excluding hydrogens is 296 g/mol. The van der Waals surface area contributed by atoms with E-state index in [0.717, 1.165) is 50.7 Å². The number of nitrogens with zero attached hydrogens (tertiary/aromatic N) is 4. The minimum atomic E-state index is 0.278. The average molecular weight is 323 g/mol. The number of aryl methyl sites for hydroxylation is 1. The zero-order valence-corrected chi connectivity index (χ0v) is 14.9. The zero-order chi connectivity index (χ0) is 16.3. The van der Waals surface area contributed by atoms with E-state index in [1.807, 2.05) is 13.0 Å². The molecule has 4 nitrogen and oxygen atoms in total. The quantitative estimate of drug-likeness (QED) is 0.790. The van der Waals surface area contributed by atoms with Crippen molar-refractivity contribution in [1.82, 2.24) is 14.9 Å². The van der Waals surface area contributed by atoms with Crippen molar-refractivity contribution in [3.8, 4) is 0 Å². The van der Waals surface area contributed by atoms with Gasteiger partial charge in [-0.05, 0) is 25.2 Å². The fourth-order valence-electron chi connectivity index (χ4n) is 2.87. The van der Waals surface area contributed by atoms with Crippen LogP contribution in [0.4, 0.5) is 5.82 Å². The third kappa shape index (κ3) is 4.87. The zero-order valence-electron chi connectivity index (χ0n) is 14.2. The van der Waals surface area contributed by atoms with Crippen molar-refractivity contribution in [1.29, 1.82) is 0 Å². The maximum Gasteiger partial charge on any atom is 0.134 e. The SMILES string of the molecule is C=C(CC(C)(C)C)N1CCCN(c2cc(Cl)nc(C)n2)CC1. The molecule has 0 amide bonds. The number of anilines is 1. The van der Waals surface area contributed by atoms with Crippen LogP contribution in [0.15, 0.2) is 18.3 Å². The molecule has 2 rings (SSSR count). The third-order valence-electron chi connectivity index (χ3n) is 3.79. The summed E-state index contributed by atoms with van der Waals surface area (Å²) in [6.07, 6.45) is 2.13. The maximum atomic E-state index is 6.06. The van der Waals surface area contributed by atoms with Gasteiger partial charge in [0.25, 0.3) is 0 Å². The molecule has 22 heavy (non-hydrogen) atoms. The Morgan fingerprint density at radius 1 is 1.23 bits per heavy atom. The van der Waals surface area contributed by atoms with Gasteiger partial charge in [-0.1, -0.05) is 39.0 Å². The molecule has 0 aliphatic carbocycles. The molecule has 1 fully saturated rings. The molecular formula is C17H27ClN4. The van der Waals surface area contributed by atoms with E-state index in [2.05, 4.69) is 47.1 Å². The molecule has 2 heterocycles. The first kappa shape index (κ1) is 17.1. The van der Waals surface area contributed by atoms with Crippen LogP contribution < -0.4 is 4.90 Å². The van der Waals surface area contributed by atoms with Crippen LogP contribution in [-0.4, -0.2) is 41.0 Å². The monoisotopic (exact) mass is 322 g/mol. The smallest absolute Gasteiger partial charge is 0.134 e. The normalized spacial score (nSPS) is 16.6. The standard InChI is InChI=1S/C17H27ClN4/c1-13(12-17(3,4)5)21-7-6-8-22(10-9-21)16-11-15(18)19-14(2)20-16/h11H,1,6-10,12H2,2-5H3. The van der Waals surface area contributed by atoms with Crippen LogP contribution in [0.3, 0.4) is 0 Å². The van der Waals surface area contributed by atoms with E-state index in [0.29, 0.717) is 5.15 Å². The van der Waals surface area contributed by atoms with Crippen LogP contribution in [0.25, 0.3) is 0 Å². The summed E-state index contributed by atoms with van der Waals surface area (Å²) in [6.45, 7) is 16.9. The van der Waals surface area contributed by atoms with Crippen molar-refractivity contribution >= 4 is 17.4 Å². The Kier molecular flexibility index (Phi) is 5.32. The van der Waals surface area contributed by atoms with Crippen molar-refractivity contribution in [2.45, 2.75) is 40.5 Å². The molecule has 0 N–H and O–H groups in total. The minimum absolute atomic E-state index is 0.278. The van der Waals surface area contributed by atoms with Crippen molar-refractivity contribution in [3.05, 3.63) is 29.3 Å². The summed E-state index contributed by atoms with van der Waals surface area (Å²) in [7, 11) is 0. The first-order chi connectivity index (χ1) is 10.2. The molecule has 0 saturated carbocycles. The van der Waals surface area contributed by atoms with Gasteiger partial charge in [-0.2, -0.15) is 0 Å². The molecule has 0 aromatic carbocycles. The molecule has 1 aromatic heterocycles. The van der Waals surface area contributed by atoms with Crippen LogP contribution >= 0.6 is 11.6 Å². The topological polar surface area (TPSA) is 32.3 Å². The summed E-state index contributed by atoms with van der Waals surface area (Å²) in [6, 6.07) is 1.86. The Bertz CT molecular complexity index is 516. The van der Waals surface area contributed by atoms with E-state index in [1.165, 1.54) is 5.70 Å². The van der Waals surface area contributed by atoms with Gasteiger partial charge in [0, 0.05) is 37.9 Å². The summed E-state index contributed by atoms with van der Waals surface area (Å²) < 4.78 is 0. The van der Waals surface area contributed by atoms with Crippen molar-refractivity contribution in [2.75, 3.05) is 31.1 Å². The lowest BCUT2D eigenvalue weighted by atomic mass is 9.90. The average Bonchev–Trinajstić information content (AvgIpc) is 2.61. The van der Waals surface area contributed by atoms with Gasteiger partial charge in [-0.15, -0.1) is 0 Å². The summed E-state index contributed by atoms with van der Waals surface area (Å²) in [4.78, 5) is 13.4. The fourth-order valence-corrected chi connectivity index (χ4v) is 3.09. The Hall–Kier alpha value is -1.29. The molecule has 0 spiro atoms. The van der Waals surface area contributed by atoms with Crippen LogP contribution in [0, 0.1) is 12.3 Å². The Morgan fingerprint density at radius 2 is 1.95 bits per heavy atom. The van der Waals surface area contributed by atoms with Gasteiger partial charge in [-0.3, -0.25) is 0 Å². The molecule has 1 aliphatic heterocycles. The first-order valence-corrected chi connectivity index (χ1v) is 8.31. The van der Waals surface area contributed by atoms with Gasteiger partial charge in [-0.25, -0.2) is 9.97 Å². The van der Waals surface area contributed by atoms with E-state index in [9.17, 15) is 0 Å². The number of allylic oxidation sites excluding steroid dienone is 1. The first-order valence-electron chi connectivity index (χ1n) is 7.93. The molecule has 1 aliphatic rings. The predicted molar refractivity (Wildman–Crippen MR) is 93.4 cm³/mol. The Balaban J connectivity index is 2.02. The maximum absolute atomic E-state index is 6.06.